The number of carbonyl (C=O) groups is 1. The Bertz CT molecular complexity index is 743. The molecule has 0 atom stereocenters. The highest BCUT2D eigenvalue weighted by Crippen LogP contribution is 2.35. The van der Waals surface area contributed by atoms with Crippen molar-refractivity contribution in [3.63, 3.8) is 0 Å². The van der Waals surface area contributed by atoms with Gasteiger partial charge in [0.15, 0.2) is 5.82 Å². The van der Waals surface area contributed by atoms with Crippen LogP contribution in [-0.4, -0.2) is 62.8 Å². The Morgan fingerprint density at radius 2 is 1.81 bits per heavy atom. The zero-order valence-electron chi connectivity index (χ0n) is 18.6. The predicted octanol–water partition coefficient (Wildman–Crippen LogP) is 4.07. The molecule has 2 aliphatic rings. The van der Waals surface area contributed by atoms with Crippen LogP contribution in [0.5, 0.6) is 0 Å². The monoisotopic (exact) mass is 459 g/mol. The van der Waals surface area contributed by atoms with Crippen molar-refractivity contribution in [2.24, 2.45) is 5.92 Å². The molecule has 1 saturated carbocycles. The summed E-state index contributed by atoms with van der Waals surface area (Å²) in [6, 6.07) is 3.70. The number of nitrogens with zero attached hydrogens (tertiary/aromatic N) is 2. The zero-order valence-corrected chi connectivity index (χ0v) is 18.6. The normalized spacial score (nSPS) is 22.7. The predicted molar refractivity (Wildman–Crippen MR) is 115 cm³/mol. The minimum Gasteiger partial charge on any atom is -0.372 e. The lowest BCUT2D eigenvalue weighted by molar-refractivity contribution is -0.140. The van der Waals surface area contributed by atoms with Gasteiger partial charge in [-0.05, 0) is 63.6 Å². The third-order valence-corrected chi connectivity index (χ3v) is 6.50. The first kappa shape index (κ1) is 24.8. The maximum absolute atomic E-state index is 14.4. The van der Waals surface area contributed by atoms with E-state index in [1.165, 1.54) is 12.1 Å². The molecule has 1 saturated heterocycles. The molecule has 0 aromatic heterocycles. The van der Waals surface area contributed by atoms with Crippen LogP contribution in [0.15, 0.2) is 18.2 Å². The Hall–Kier alpha value is -1.87. The average Bonchev–Trinajstić information content (AvgIpc) is 2.77. The van der Waals surface area contributed by atoms with Crippen molar-refractivity contribution in [3.8, 4) is 0 Å². The molecule has 1 aromatic carbocycles. The second kappa shape index (κ2) is 11.3. The molecule has 3 rings (SSSR count). The molecule has 2 fully saturated rings. The lowest BCUT2D eigenvalue weighted by Crippen LogP contribution is -2.47. The van der Waals surface area contributed by atoms with Crippen LogP contribution in [0.3, 0.4) is 0 Å². The molecule has 1 N–H and O–H groups in total. The Morgan fingerprint density at radius 3 is 2.44 bits per heavy atom. The summed E-state index contributed by atoms with van der Waals surface area (Å²) in [6.07, 6.45) is 0.491. The molecule has 1 heterocycles. The number of piperazine rings is 1. The van der Waals surface area contributed by atoms with Gasteiger partial charge in [0.05, 0.1) is 11.3 Å². The van der Waals surface area contributed by atoms with E-state index in [1.54, 1.807) is 4.90 Å². The van der Waals surface area contributed by atoms with Crippen LogP contribution in [0.1, 0.15) is 44.6 Å². The van der Waals surface area contributed by atoms with E-state index in [1.807, 2.05) is 6.92 Å². The fourth-order valence-corrected chi connectivity index (χ4v) is 4.62. The quantitative estimate of drug-likeness (QED) is 0.596. The fourth-order valence-electron chi connectivity index (χ4n) is 4.62. The number of carbonyl (C=O) groups excluding carboxylic acids is 1. The Balaban J connectivity index is 1.38. The molecule has 1 aliphatic carbocycles. The van der Waals surface area contributed by atoms with Crippen LogP contribution in [0.25, 0.3) is 0 Å². The number of hydrogen-bond acceptors (Lipinski definition) is 4. The summed E-state index contributed by atoms with van der Waals surface area (Å²) in [6.45, 7) is 5.88. The van der Waals surface area contributed by atoms with E-state index < -0.39 is 17.6 Å². The van der Waals surface area contributed by atoms with E-state index in [0.717, 1.165) is 44.7 Å². The fraction of sp³-hybridized carbons (Fsp3) is 0.696. The molecule has 180 valence electrons. The zero-order chi connectivity index (χ0) is 23.1. The molecule has 1 aromatic rings. The highest BCUT2D eigenvalue weighted by atomic mass is 19.4. The molecule has 5 nitrogen and oxygen atoms in total. The highest BCUT2D eigenvalue weighted by molar-refractivity contribution is 5.77. The van der Waals surface area contributed by atoms with Crippen molar-refractivity contribution in [3.05, 3.63) is 29.6 Å². The number of nitrogens with one attached hydrogen (secondary N) is 1. The van der Waals surface area contributed by atoms with Crippen LogP contribution < -0.4 is 10.2 Å². The van der Waals surface area contributed by atoms with Gasteiger partial charge in [-0.1, -0.05) is 6.07 Å². The molecule has 1 aliphatic heterocycles. The second-order valence-electron chi connectivity index (χ2n) is 8.68. The van der Waals surface area contributed by atoms with Gasteiger partial charge in [-0.2, -0.15) is 13.2 Å². The summed E-state index contributed by atoms with van der Waals surface area (Å²) < 4.78 is 58.5. The van der Waals surface area contributed by atoms with Gasteiger partial charge in [0.1, 0.15) is 6.61 Å². The first-order valence-corrected chi connectivity index (χ1v) is 11.5. The molecule has 9 heteroatoms. The van der Waals surface area contributed by atoms with E-state index in [-0.39, 0.29) is 24.2 Å². The number of amides is 1. The lowest BCUT2D eigenvalue weighted by atomic mass is 9.84. The first-order chi connectivity index (χ1) is 15.3. The van der Waals surface area contributed by atoms with E-state index in [2.05, 4.69) is 10.2 Å². The molecular weight excluding hydrogens is 426 g/mol. The number of benzene rings is 1. The van der Waals surface area contributed by atoms with Crippen molar-refractivity contribution >= 4 is 11.6 Å². The molecule has 0 radical (unpaired) electrons. The van der Waals surface area contributed by atoms with Crippen molar-refractivity contribution < 1.29 is 27.1 Å². The van der Waals surface area contributed by atoms with Crippen molar-refractivity contribution in [2.45, 2.75) is 51.2 Å². The standard InChI is InChI=1S/C23H33F4N3O2/c1-2-32-16-21(31)28-18-8-6-17(7-9-18)10-11-29-12-14-30(15-13-29)20-5-3-4-19(22(20)24)23(25,26)27/h3-5,17-18H,2,6-16H2,1H3,(H,28,31)/t17-,18-. The molecule has 0 bridgehead atoms. The molecule has 0 spiro atoms. The lowest BCUT2D eigenvalue weighted by Gasteiger charge is -2.37. The number of anilines is 1. The summed E-state index contributed by atoms with van der Waals surface area (Å²) in [5.41, 5.74) is -1.17. The summed E-state index contributed by atoms with van der Waals surface area (Å²) >= 11 is 0. The van der Waals surface area contributed by atoms with Crippen LogP contribution in [0.4, 0.5) is 23.2 Å². The minimum atomic E-state index is -4.69. The van der Waals surface area contributed by atoms with Crippen LogP contribution >= 0.6 is 0 Å². The van der Waals surface area contributed by atoms with Gasteiger partial charge in [0.25, 0.3) is 0 Å². The van der Waals surface area contributed by atoms with Gasteiger partial charge in [-0.3, -0.25) is 9.69 Å². The third kappa shape index (κ3) is 6.81. The van der Waals surface area contributed by atoms with Crippen molar-refractivity contribution in [1.29, 1.82) is 0 Å². The van der Waals surface area contributed by atoms with E-state index in [0.29, 0.717) is 38.7 Å². The number of alkyl halides is 3. The maximum atomic E-state index is 14.4. The van der Waals surface area contributed by atoms with Crippen LogP contribution in [0.2, 0.25) is 0 Å². The van der Waals surface area contributed by atoms with Crippen LogP contribution in [-0.2, 0) is 15.7 Å². The van der Waals surface area contributed by atoms with Crippen molar-refractivity contribution in [2.75, 3.05) is 50.8 Å². The smallest absolute Gasteiger partial charge is 0.372 e. The molecular formula is C23H33F4N3O2. The summed E-state index contributed by atoms with van der Waals surface area (Å²) in [5.74, 6) is -0.613. The largest absolute Gasteiger partial charge is 0.419 e. The van der Waals surface area contributed by atoms with E-state index in [4.69, 9.17) is 4.74 Å². The Morgan fingerprint density at radius 1 is 1.12 bits per heavy atom. The number of halogens is 4. The maximum Gasteiger partial charge on any atom is 0.419 e. The third-order valence-electron chi connectivity index (χ3n) is 6.50. The highest BCUT2D eigenvalue weighted by Gasteiger charge is 2.36. The Labute approximate surface area is 187 Å². The molecule has 1 amide bonds. The summed E-state index contributed by atoms with van der Waals surface area (Å²) in [4.78, 5) is 15.8. The van der Waals surface area contributed by atoms with Gasteiger partial charge in [-0.15, -0.1) is 0 Å². The van der Waals surface area contributed by atoms with Crippen molar-refractivity contribution in [1.82, 2.24) is 10.2 Å². The SMILES string of the molecule is CCOCC(=O)N[C@H]1CC[C@H](CCN2CCN(c3cccc(C(F)(F)F)c3F)CC2)CC1. The van der Waals surface area contributed by atoms with E-state index >= 15 is 0 Å². The average molecular weight is 460 g/mol. The summed E-state index contributed by atoms with van der Waals surface area (Å²) in [5, 5.41) is 3.04. The first-order valence-electron chi connectivity index (χ1n) is 11.5. The molecule has 0 unspecified atom stereocenters. The number of ether oxygens (including phenoxy) is 1. The second-order valence-corrected chi connectivity index (χ2v) is 8.68. The van der Waals surface area contributed by atoms with Gasteiger partial charge in [0, 0.05) is 38.8 Å². The topological polar surface area (TPSA) is 44.8 Å². The van der Waals surface area contributed by atoms with Crippen LogP contribution in [0, 0.1) is 11.7 Å². The van der Waals surface area contributed by atoms with E-state index in [9.17, 15) is 22.4 Å². The minimum absolute atomic E-state index is 0.0316. The van der Waals surface area contributed by atoms with Gasteiger partial charge in [-0.25, -0.2) is 4.39 Å². The molecule has 32 heavy (non-hydrogen) atoms. The van der Waals surface area contributed by atoms with Gasteiger partial charge < -0.3 is 15.0 Å². The Kier molecular flexibility index (Phi) is 8.76. The number of rotatable bonds is 8. The number of hydrogen-bond donors (Lipinski definition) is 1. The van der Waals surface area contributed by atoms with Gasteiger partial charge >= 0.3 is 6.18 Å². The summed E-state index contributed by atoms with van der Waals surface area (Å²) in [7, 11) is 0. The van der Waals surface area contributed by atoms with Gasteiger partial charge in [0.2, 0.25) is 5.91 Å².